The van der Waals surface area contributed by atoms with Crippen molar-refractivity contribution in [2.75, 3.05) is 6.54 Å². The summed E-state index contributed by atoms with van der Waals surface area (Å²) in [6.45, 7) is 2.70. The number of hydrogen-bond acceptors (Lipinski definition) is 4. The van der Waals surface area contributed by atoms with E-state index in [4.69, 9.17) is 0 Å². The molecule has 0 aromatic heterocycles. The summed E-state index contributed by atoms with van der Waals surface area (Å²) in [6.07, 6.45) is 7.47. The number of hydrogen-bond donors (Lipinski definition) is 1. The lowest BCUT2D eigenvalue weighted by Gasteiger charge is -2.35. The Kier molecular flexibility index (Phi) is 4.48. The molecule has 1 aliphatic heterocycles. The number of thioether (sulfide) groups is 1. The molecule has 0 unspecified atom stereocenters. The summed E-state index contributed by atoms with van der Waals surface area (Å²) < 4.78 is 0. The number of phenols is 1. The molecule has 0 bridgehead atoms. The van der Waals surface area contributed by atoms with E-state index < -0.39 is 0 Å². The van der Waals surface area contributed by atoms with Crippen LogP contribution in [0.1, 0.15) is 44.6 Å². The van der Waals surface area contributed by atoms with E-state index in [1.54, 1.807) is 30.3 Å². The van der Waals surface area contributed by atoms with Gasteiger partial charge in [-0.2, -0.15) is 0 Å². The molecule has 3 rings (SSSR count). The fourth-order valence-corrected chi connectivity index (χ4v) is 4.14. The van der Waals surface area contributed by atoms with Gasteiger partial charge in [-0.15, -0.1) is 0 Å². The van der Waals surface area contributed by atoms with Gasteiger partial charge in [0.25, 0.3) is 11.1 Å². The molecule has 1 saturated heterocycles. The highest BCUT2D eigenvalue weighted by Gasteiger charge is 2.40. The predicted octanol–water partition coefficient (Wildman–Crippen LogP) is 4.40. The molecule has 2 fully saturated rings. The van der Waals surface area contributed by atoms with Crippen LogP contribution in [0, 0.1) is 5.41 Å². The maximum Gasteiger partial charge on any atom is 0.293 e. The summed E-state index contributed by atoms with van der Waals surface area (Å²) in [5.74, 6) is -0.0136. The van der Waals surface area contributed by atoms with Crippen molar-refractivity contribution in [1.29, 1.82) is 0 Å². The van der Waals surface area contributed by atoms with Crippen molar-refractivity contribution in [3.8, 4) is 5.75 Å². The second-order valence-electron chi connectivity index (χ2n) is 6.73. The number of carbonyl (C=O) groups excluding carboxylic acids is 2. The molecule has 1 N–H and O–H groups in total. The highest BCUT2D eigenvalue weighted by molar-refractivity contribution is 8.18. The Morgan fingerprint density at radius 1 is 1.17 bits per heavy atom. The van der Waals surface area contributed by atoms with Gasteiger partial charge in [0, 0.05) is 6.54 Å². The number of amides is 2. The smallest absolute Gasteiger partial charge is 0.293 e. The molecule has 1 heterocycles. The third kappa shape index (κ3) is 3.61. The normalized spacial score (nSPS) is 22.8. The van der Waals surface area contributed by atoms with Crippen LogP contribution in [-0.4, -0.2) is 27.7 Å². The Balaban J connectivity index is 1.75. The van der Waals surface area contributed by atoms with E-state index in [1.165, 1.54) is 24.2 Å². The average molecular weight is 331 g/mol. The first-order chi connectivity index (χ1) is 11.0. The molecule has 0 atom stereocenters. The molecule has 0 radical (unpaired) electrons. The van der Waals surface area contributed by atoms with Crippen LogP contribution in [-0.2, 0) is 4.79 Å². The Morgan fingerprint density at radius 3 is 2.48 bits per heavy atom. The predicted molar refractivity (Wildman–Crippen MR) is 92.0 cm³/mol. The molecular formula is C18H21NO3S. The molecule has 0 spiro atoms. The van der Waals surface area contributed by atoms with Crippen molar-refractivity contribution in [2.45, 2.75) is 39.0 Å². The molecule has 1 aliphatic carbocycles. The standard InChI is InChI=1S/C18H21NO3S/c1-18(9-3-2-4-10-18)12-19-16(21)15(23-17(19)22)11-13-5-7-14(20)8-6-13/h5-8,11,20H,2-4,9-10,12H2,1H3/b15-11+. The van der Waals surface area contributed by atoms with Gasteiger partial charge in [0.15, 0.2) is 0 Å². The number of imide groups is 1. The van der Waals surface area contributed by atoms with Gasteiger partial charge in [-0.3, -0.25) is 14.5 Å². The number of benzene rings is 1. The second kappa shape index (κ2) is 6.40. The number of aromatic hydroxyl groups is 1. The zero-order chi connectivity index (χ0) is 16.4. The molecule has 2 aliphatic rings. The highest BCUT2D eigenvalue weighted by Crippen LogP contribution is 2.40. The quantitative estimate of drug-likeness (QED) is 0.834. The van der Waals surface area contributed by atoms with Gasteiger partial charge in [-0.1, -0.05) is 38.3 Å². The zero-order valence-corrected chi connectivity index (χ0v) is 14.1. The summed E-state index contributed by atoms with van der Waals surface area (Å²) >= 11 is 1.00. The van der Waals surface area contributed by atoms with Crippen LogP contribution >= 0.6 is 11.8 Å². The van der Waals surface area contributed by atoms with Gasteiger partial charge in [-0.05, 0) is 53.8 Å². The van der Waals surface area contributed by atoms with E-state index in [0.29, 0.717) is 11.4 Å². The molecule has 4 nitrogen and oxygen atoms in total. The van der Waals surface area contributed by atoms with Crippen molar-refractivity contribution in [2.24, 2.45) is 5.41 Å². The van der Waals surface area contributed by atoms with Gasteiger partial charge in [-0.25, -0.2) is 0 Å². The molecule has 1 aromatic carbocycles. The van der Waals surface area contributed by atoms with Crippen LogP contribution in [0.3, 0.4) is 0 Å². The number of rotatable bonds is 3. The van der Waals surface area contributed by atoms with Gasteiger partial charge in [0.2, 0.25) is 0 Å². The van der Waals surface area contributed by atoms with Crippen LogP contribution in [0.2, 0.25) is 0 Å². The lowest BCUT2D eigenvalue weighted by atomic mass is 9.75. The first-order valence-corrected chi connectivity index (χ1v) is 8.83. The molecule has 1 saturated carbocycles. The summed E-state index contributed by atoms with van der Waals surface area (Å²) in [5.41, 5.74) is 0.857. The molecule has 1 aromatic rings. The Bertz CT molecular complexity index is 645. The van der Waals surface area contributed by atoms with E-state index >= 15 is 0 Å². The van der Waals surface area contributed by atoms with Crippen molar-refractivity contribution in [3.63, 3.8) is 0 Å². The molecule has 23 heavy (non-hydrogen) atoms. The first-order valence-electron chi connectivity index (χ1n) is 8.01. The third-order valence-electron chi connectivity index (χ3n) is 4.66. The highest BCUT2D eigenvalue weighted by atomic mass is 32.2. The van der Waals surface area contributed by atoms with E-state index in [9.17, 15) is 14.7 Å². The summed E-state index contributed by atoms with van der Waals surface area (Å²) in [7, 11) is 0. The zero-order valence-electron chi connectivity index (χ0n) is 13.2. The minimum absolute atomic E-state index is 0.0537. The van der Waals surface area contributed by atoms with Crippen molar-refractivity contribution >= 4 is 29.0 Å². The van der Waals surface area contributed by atoms with Crippen LogP contribution in [0.4, 0.5) is 4.79 Å². The van der Waals surface area contributed by atoms with Crippen LogP contribution < -0.4 is 0 Å². The molecule has 2 amide bonds. The van der Waals surface area contributed by atoms with Crippen molar-refractivity contribution in [3.05, 3.63) is 34.7 Å². The Morgan fingerprint density at radius 2 is 1.83 bits per heavy atom. The maximum absolute atomic E-state index is 12.6. The minimum Gasteiger partial charge on any atom is -0.508 e. The first kappa shape index (κ1) is 16.1. The Labute approximate surface area is 140 Å². The molecule has 122 valence electrons. The lowest BCUT2D eigenvalue weighted by Crippen LogP contribution is -2.39. The van der Waals surface area contributed by atoms with Crippen molar-refractivity contribution < 1.29 is 14.7 Å². The third-order valence-corrected chi connectivity index (χ3v) is 5.57. The summed E-state index contributed by atoms with van der Waals surface area (Å²) in [5, 5.41) is 9.13. The second-order valence-corrected chi connectivity index (χ2v) is 7.72. The fraction of sp³-hybridized carbons (Fsp3) is 0.444. The molecular weight excluding hydrogens is 310 g/mol. The van der Waals surface area contributed by atoms with Gasteiger partial charge in [0.1, 0.15) is 5.75 Å². The van der Waals surface area contributed by atoms with Gasteiger partial charge >= 0.3 is 0 Å². The maximum atomic E-state index is 12.6. The van der Waals surface area contributed by atoms with E-state index in [-0.39, 0.29) is 22.3 Å². The topological polar surface area (TPSA) is 57.6 Å². The minimum atomic E-state index is -0.195. The van der Waals surface area contributed by atoms with E-state index in [2.05, 4.69) is 6.92 Å². The summed E-state index contributed by atoms with van der Waals surface area (Å²) in [4.78, 5) is 26.7. The van der Waals surface area contributed by atoms with Gasteiger partial charge in [0.05, 0.1) is 4.91 Å². The largest absolute Gasteiger partial charge is 0.508 e. The number of carbonyl (C=O) groups is 2. The van der Waals surface area contributed by atoms with E-state index in [1.807, 2.05) is 0 Å². The van der Waals surface area contributed by atoms with Crippen molar-refractivity contribution in [1.82, 2.24) is 4.90 Å². The van der Waals surface area contributed by atoms with E-state index in [0.717, 1.165) is 30.2 Å². The average Bonchev–Trinajstić information content (AvgIpc) is 2.78. The monoisotopic (exact) mass is 331 g/mol. The molecule has 5 heteroatoms. The SMILES string of the molecule is CC1(CN2C(=O)S/C(=C/c3ccc(O)cc3)C2=O)CCCCC1. The Hall–Kier alpha value is -1.75. The van der Waals surface area contributed by atoms with Crippen LogP contribution in [0.15, 0.2) is 29.2 Å². The van der Waals surface area contributed by atoms with Crippen LogP contribution in [0.25, 0.3) is 6.08 Å². The number of nitrogens with zero attached hydrogens (tertiary/aromatic N) is 1. The fourth-order valence-electron chi connectivity index (χ4n) is 3.30. The summed E-state index contributed by atoms with van der Waals surface area (Å²) in [6, 6.07) is 6.59. The van der Waals surface area contributed by atoms with Crippen LogP contribution in [0.5, 0.6) is 5.75 Å². The lowest BCUT2D eigenvalue weighted by molar-refractivity contribution is -0.124. The number of phenolic OH excluding ortho intramolecular Hbond substituents is 1. The van der Waals surface area contributed by atoms with Gasteiger partial charge < -0.3 is 5.11 Å².